The summed E-state index contributed by atoms with van der Waals surface area (Å²) in [5.74, 6) is -0.326. The Labute approximate surface area is 98.8 Å². The Bertz CT molecular complexity index is 359. The molecular formula is C10H14ClN3O2. The molecule has 88 valence electrons. The molecule has 0 saturated carbocycles. The third-order valence-corrected chi connectivity index (χ3v) is 2.09. The Morgan fingerprint density at radius 3 is 2.69 bits per heavy atom. The van der Waals surface area contributed by atoms with Crippen LogP contribution in [-0.4, -0.2) is 33.4 Å². The zero-order valence-electron chi connectivity index (χ0n) is 9.20. The van der Waals surface area contributed by atoms with E-state index in [0.717, 1.165) is 0 Å². The van der Waals surface area contributed by atoms with Crippen molar-refractivity contribution in [1.82, 2.24) is 15.5 Å². The van der Waals surface area contributed by atoms with Crippen molar-refractivity contribution in [3.63, 3.8) is 0 Å². The first-order valence-corrected chi connectivity index (χ1v) is 5.26. The SMILES string of the molecule is CC(C)(O)CCNC(=O)c1ccc(Cl)nn1. The number of amides is 1. The molecular weight excluding hydrogens is 230 g/mol. The third kappa shape index (κ3) is 4.55. The lowest BCUT2D eigenvalue weighted by Gasteiger charge is -2.16. The summed E-state index contributed by atoms with van der Waals surface area (Å²) in [6.45, 7) is 3.75. The number of hydrogen-bond donors (Lipinski definition) is 2. The maximum atomic E-state index is 11.5. The number of aromatic nitrogens is 2. The van der Waals surface area contributed by atoms with Crippen molar-refractivity contribution in [3.05, 3.63) is 23.0 Å². The second-order valence-electron chi connectivity index (χ2n) is 4.06. The second kappa shape index (κ2) is 5.23. The van der Waals surface area contributed by atoms with Crippen LogP contribution in [0, 0.1) is 0 Å². The number of halogens is 1. The summed E-state index contributed by atoms with van der Waals surface area (Å²) in [4.78, 5) is 11.5. The quantitative estimate of drug-likeness (QED) is 0.828. The number of aliphatic hydroxyl groups is 1. The van der Waals surface area contributed by atoms with Crippen molar-refractivity contribution in [2.45, 2.75) is 25.9 Å². The maximum Gasteiger partial charge on any atom is 0.271 e. The molecule has 0 radical (unpaired) electrons. The predicted molar refractivity (Wildman–Crippen MR) is 60.3 cm³/mol. The predicted octanol–water partition coefficient (Wildman–Crippen LogP) is 1.02. The van der Waals surface area contributed by atoms with Crippen LogP contribution in [0.2, 0.25) is 5.15 Å². The van der Waals surface area contributed by atoms with Gasteiger partial charge in [0.2, 0.25) is 0 Å². The molecule has 16 heavy (non-hydrogen) atoms. The van der Waals surface area contributed by atoms with E-state index in [4.69, 9.17) is 11.6 Å². The van der Waals surface area contributed by atoms with E-state index in [-0.39, 0.29) is 16.8 Å². The second-order valence-corrected chi connectivity index (χ2v) is 4.45. The number of hydrogen-bond acceptors (Lipinski definition) is 4. The van der Waals surface area contributed by atoms with Gasteiger partial charge in [-0.15, -0.1) is 10.2 Å². The van der Waals surface area contributed by atoms with Crippen LogP contribution in [0.25, 0.3) is 0 Å². The van der Waals surface area contributed by atoms with Gasteiger partial charge in [-0.3, -0.25) is 4.79 Å². The highest BCUT2D eigenvalue weighted by molar-refractivity contribution is 6.29. The number of rotatable bonds is 4. The number of carbonyl (C=O) groups excluding carboxylic acids is 1. The molecule has 0 aliphatic rings. The van der Waals surface area contributed by atoms with E-state index in [9.17, 15) is 9.90 Å². The normalized spacial score (nSPS) is 11.2. The highest BCUT2D eigenvalue weighted by Gasteiger charge is 2.13. The van der Waals surface area contributed by atoms with Gasteiger partial charge in [-0.2, -0.15) is 0 Å². The van der Waals surface area contributed by atoms with Crippen LogP contribution in [0.1, 0.15) is 30.8 Å². The molecule has 1 heterocycles. The molecule has 1 aromatic rings. The van der Waals surface area contributed by atoms with E-state index >= 15 is 0 Å². The van der Waals surface area contributed by atoms with Crippen LogP contribution in [-0.2, 0) is 0 Å². The van der Waals surface area contributed by atoms with Crippen molar-refractivity contribution < 1.29 is 9.90 Å². The van der Waals surface area contributed by atoms with E-state index in [0.29, 0.717) is 13.0 Å². The summed E-state index contributed by atoms with van der Waals surface area (Å²) in [6.07, 6.45) is 0.472. The van der Waals surface area contributed by atoms with Gasteiger partial charge in [0.25, 0.3) is 5.91 Å². The van der Waals surface area contributed by atoms with Gasteiger partial charge in [0, 0.05) is 6.54 Å². The molecule has 1 aromatic heterocycles. The molecule has 1 amide bonds. The standard InChI is InChI=1S/C10H14ClN3O2/c1-10(2,16)5-6-12-9(15)7-3-4-8(11)14-13-7/h3-4,16H,5-6H2,1-2H3,(H,12,15). The van der Waals surface area contributed by atoms with Crippen LogP contribution in [0.5, 0.6) is 0 Å². The summed E-state index contributed by atoms with van der Waals surface area (Å²) in [5.41, 5.74) is -0.584. The van der Waals surface area contributed by atoms with Gasteiger partial charge in [0.05, 0.1) is 5.60 Å². The largest absolute Gasteiger partial charge is 0.390 e. The van der Waals surface area contributed by atoms with Gasteiger partial charge in [0.1, 0.15) is 0 Å². The zero-order valence-corrected chi connectivity index (χ0v) is 9.95. The molecule has 0 aliphatic heterocycles. The number of nitrogens with zero attached hydrogens (tertiary/aromatic N) is 2. The van der Waals surface area contributed by atoms with Gasteiger partial charge in [0.15, 0.2) is 10.8 Å². The summed E-state index contributed by atoms with van der Waals surface area (Å²) in [6, 6.07) is 2.99. The van der Waals surface area contributed by atoms with Crippen LogP contribution >= 0.6 is 11.6 Å². The molecule has 0 aliphatic carbocycles. The summed E-state index contributed by atoms with van der Waals surface area (Å²) in [7, 11) is 0. The lowest BCUT2D eigenvalue weighted by molar-refractivity contribution is 0.0692. The van der Waals surface area contributed by atoms with Crippen LogP contribution < -0.4 is 5.32 Å². The van der Waals surface area contributed by atoms with Crippen molar-refractivity contribution in [2.24, 2.45) is 0 Å². The van der Waals surface area contributed by atoms with Gasteiger partial charge >= 0.3 is 0 Å². The minimum Gasteiger partial charge on any atom is -0.390 e. The molecule has 1 rings (SSSR count). The Hall–Kier alpha value is -1.20. The molecule has 0 atom stereocenters. The fourth-order valence-electron chi connectivity index (χ4n) is 1.01. The molecule has 0 bridgehead atoms. The minimum absolute atomic E-state index is 0.208. The highest BCUT2D eigenvalue weighted by Crippen LogP contribution is 2.06. The first-order valence-electron chi connectivity index (χ1n) is 4.88. The van der Waals surface area contributed by atoms with Crippen molar-refractivity contribution in [3.8, 4) is 0 Å². The number of carbonyl (C=O) groups is 1. The Balaban J connectivity index is 2.44. The fourth-order valence-corrected chi connectivity index (χ4v) is 1.11. The van der Waals surface area contributed by atoms with Gasteiger partial charge in [-0.05, 0) is 32.4 Å². The van der Waals surface area contributed by atoms with Crippen molar-refractivity contribution >= 4 is 17.5 Å². The minimum atomic E-state index is -0.793. The highest BCUT2D eigenvalue weighted by atomic mass is 35.5. The number of nitrogens with one attached hydrogen (secondary N) is 1. The topological polar surface area (TPSA) is 75.1 Å². The molecule has 0 saturated heterocycles. The molecule has 0 spiro atoms. The van der Waals surface area contributed by atoms with Crippen LogP contribution in [0.15, 0.2) is 12.1 Å². The molecule has 0 unspecified atom stereocenters. The van der Waals surface area contributed by atoms with Gasteiger partial charge in [-0.25, -0.2) is 0 Å². The molecule has 6 heteroatoms. The van der Waals surface area contributed by atoms with E-state index < -0.39 is 5.60 Å². The lowest BCUT2D eigenvalue weighted by Crippen LogP contribution is -2.31. The lowest BCUT2D eigenvalue weighted by atomic mass is 10.1. The van der Waals surface area contributed by atoms with Gasteiger partial charge in [-0.1, -0.05) is 11.6 Å². The third-order valence-electron chi connectivity index (χ3n) is 1.89. The zero-order chi connectivity index (χ0) is 12.2. The van der Waals surface area contributed by atoms with E-state index in [1.54, 1.807) is 13.8 Å². The molecule has 0 fully saturated rings. The average Bonchev–Trinajstić information content (AvgIpc) is 2.16. The van der Waals surface area contributed by atoms with Crippen LogP contribution in [0.3, 0.4) is 0 Å². The van der Waals surface area contributed by atoms with E-state index in [1.165, 1.54) is 12.1 Å². The summed E-state index contributed by atoms with van der Waals surface area (Å²) >= 11 is 5.54. The first kappa shape index (κ1) is 12.9. The first-order chi connectivity index (χ1) is 7.38. The summed E-state index contributed by atoms with van der Waals surface area (Å²) in [5, 5.41) is 19.5. The van der Waals surface area contributed by atoms with Crippen LogP contribution in [0.4, 0.5) is 0 Å². The Kier molecular flexibility index (Phi) is 4.20. The average molecular weight is 244 g/mol. The van der Waals surface area contributed by atoms with E-state index in [2.05, 4.69) is 15.5 Å². The monoisotopic (exact) mass is 243 g/mol. The maximum absolute atomic E-state index is 11.5. The Morgan fingerprint density at radius 1 is 1.50 bits per heavy atom. The van der Waals surface area contributed by atoms with Gasteiger partial charge < -0.3 is 10.4 Å². The summed E-state index contributed by atoms with van der Waals surface area (Å²) < 4.78 is 0. The van der Waals surface area contributed by atoms with Crippen molar-refractivity contribution in [2.75, 3.05) is 6.54 Å². The molecule has 2 N–H and O–H groups in total. The smallest absolute Gasteiger partial charge is 0.271 e. The molecule has 5 nitrogen and oxygen atoms in total. The Morgan fingerprint density at radius 2 is 2.19 bits per heavy atom. The van der Waals surface area contributed by atoms with Crippen molar-refractivity contribution in [1.29, 1.82) is 0 Å². The molecule has 0 aromatic carbocycles. The fraction of sp³-hybridized carbons (Fsp3) is 0.500. The van der Waals surface area contributed by atoms with E-state index in [1.807, 2.05) is 0 Å².